The standard InChI is InChI=1S/C43H64N9O11S2.Gd/c1-5-28(2)32(41(61)44-11-12-52-36(55)20-29(3)42(52)62)21-34(53)33(10-19-65-4)47-43(64)46-31-8-6-30(7-9-31)22-45-35(54)23-50-16-15-48(25-38(56)57)13-14-49(26-39(58)59)17-18-51-27-40(60)63-37(51)24-50;/h6-9,28-29,32-33H,5,10-27H2,1-4H3,(H,44,61)(H,45,54)(H,56,57)(H,58,59)(H2,46,47,64);/q-1;/t28-,29?,32-,33-;/m0./s1. The molecule has 3 aliphatic heterocycles. The van der Waals surface area contributed by atoms with Crippen LogP contribution in [0.5, 0.6) is 0 Å². The second kappa shape index (κ2) is 28.8. The van der Waals surface area contributed by atoms with E-state index in [1.807, 2.05) is 32.2 Å². The zero-order valence-corrected chi connectivity index (χ0v) is 41.9. The SMILES string of the molecule is CC[C@H](C)[C@H](CC(=O)[C@H](CCSC)NC(=S)Nc1ccc(CNC(=O)CN2CCN(CC(=O)O)CCN(CC(=O)O)CCN3CC(=O)O[C-]3C2)cc1)C(=O)NCCN1C(=O)CC(C)C1=O.[Gd]. The van der Waals surface area contributed by atoms with Crippen LogP contribution in [0.2, 0.25) is 0 Å². The third-order valence-corrected chi connectivity index (χ3v) is 12.6. The first-order chi connectivity index (χ1) is 31.0. The van der Waals surface area contributed by atoms with Gasteiger partial charge in [-0.15, -0.1) is 0 Å². The molecule has 3 aliphatic rings. The molecule has 4 amide bonds. The molecule has 3 heterocycles. The molecular weight excluding hydrogens is 1040 g/mol. The van der Waals surface area contributed by atoms with Gasteiger partial charge < -0.3 is 46.0 Å². The van der Waals surface area contributed by atoms with Crippen LogP contribution in [0.25, 0.3) is 0 Å². The van der Waals surface area contributed by atoms with Gasteiger partial charge in [0.1, 0.15) is 0 Å². The Morgan fingerprint density at radius 1 is 0.924 bits per heavy atom. The summed E-state index contributed by atoms with van der Waals surface area (Å²) in [4.78, 5) is 108. The average molecular weight is 1100 g/mol. The maximum absolute atomic E-state index is 13.8. The first kappa shape index (κ1) is 56.9. The van der Waals surface area contributed by atoms with Gasteiger partial charge in [-0.25, -0.2) is 0 Å². The minimum absolute atomic E-state index is 0. The largest absolute Gasteiger partial charge is 0.617 e. The number of nitrogens with one attached hydrogen (secondary N) is 4. The van der Waals surface area contributed by atoms with E-state index in [0.717, 1.165) is 5.56 Å². The maximum Gasteiger partial charge on any atom is 0.317 e. The Morgan fingerprint density at radius 3 is 2.12 bits per heavy atom. The number of rotatable bonds is 22. The van der Waals surface area contributed by atoms with Gasteiger partial charge in [-0.05, 0) is 60.8 Å². The minimum atomic E-state index is -1.04. The molecule has 1 aromatic rings. The Morgan fingerprint density at radius 2 is 1.55 bits per heavy atom. The molecule has 3 fully saturated rings. The molecule has 23 heteroatoms. The van der Waals surface area contributed by atoms with Crippen LogP contribution in [0.1, 0.15) is 52.0 Å². The van der Waals surface area contributed by atoms with Gasteiger partial charge >= 0.3 is 11.9 Å². The van der Waals surface area contributed by atoms with Gasteiger partial charge in [-0.2, -0.15) is 11.8 Å². The summed E-state index contributed by atoms with van der Waals surface area (Å²) in [5.74, 6) is -4.21. The molecule has 20 nitrogen and oxygen atoms in total. The number of benzene rings is 1. The van der Waals surface area contributed by atoms with Gasteiger partial charge in [-0.1, -0.05) is 52.1 Å². The number of thioether (sulfide) groups is 1. The Bertz CT molecular complexity index is 1870. The quantitative estimate of drug-likeness (QED) is 0.0395. The van der Waals surface area contributed by atoms with E-state index >= 15 is 0 Å². The average Bonchev–Trinajstić information content (AvgIpc) is 3.73. The summed E-state index contributed by atoms with van der Waals surface area (Å²) < 4.78 is 5.49. The molecule has 0 radical (unpaired) electrons. The molecule has 0 bridgehead atoms. The summed E-state index contributed by atoms with van der Waals surface area (Å²) in [6.45, 7) is 7.24. The minimum Gasteiger partial charge on any atom is -0.617 e. The Hall–Kier alpha value is -3.42. The molecule has 368 valence electrons. The predicted octanol–water partition coefficient (Wildman–Crippen LogP) is 0.281. The van der Waals surface area contributed by atoms with Crippen molar-refractivity contribution in [3.63, 3.8) is 0 Å². The number of nitrogens with zero attached hydrogens (tertiary/aromatic N) is 5. The summed E-state index contributed by atoms with van der Waals surface area (Å²) in [7, 11) is 0. The van der Waals surface area contributed by atoms with Crippen molar-refractivity contribution < 1.29 is 93.2 Å². The van der Waals surface area contributed by atoms with E-state index in [9.17, 15) is 48.6 Å². The number of anilines is 1. The molecule has 1 aromatic carbocycles. The number of carbonyl (C=O) groups excluding carboxylic acids is 6. The molecule has 4 atom stereocenters. The Kier molecular flexibility index (Phi) is 24.8. The van der Waals surface area contributed by atoms with Gasteiger partial charge in [0.05, 0.1) is 32.2 Å². The van der Waals surface area contributed by atoms with Crippen LogP contribution in [0.3, 0.4) is 0 Å². The zero-order chi connectivity index (χ0) is 47.6. The van der Waals surface area contributed by atoms with Crippen LogP contribution in [0.4, 0.5) is 5.69 Å². The maximum atomic E-state index is 13.8. The van der Waals surface area contributed by atoms with E-state index in [2.05, 4.69) is 21.3 Å². The van der Waals surface area contributed by atoms with Crippen molar-refractivity contribution in [3.8, 4) is 0 Å². The number of Topliss-reactive ketones (excluding diaryl/α,β-unsaturated/α-hetero) is 1. The summed E-state index contributed by atoms with van der Waals surface area (Å²) in [6, 6.07) is 6.53. The van der Waals surface area contributed by atoms with Crippen LogP contribution in [0.15, 0.2) is 24.3 Å². The van der Waals surface area contributed by atoms with Crippen molar-refractivity contribution >= 4 is 82.1 Å². The monoisotopic (exact) mass is 1100 g/mol. The van der Waals surface area contributed by atoms with Crippen molar-refractivity contribution in [3.05, 3.63) is 36.1 Å². The number of ketones is 1. The third kappa shape index (κ3) is 18.9. The number of hydrogen-bond acceptors (Lipinski definition) is 15. The van der Waals surface area contributed by atoms with Crippen molar-refractivity contribution in [2.75, 3.05) is 102 Å². The third-order valence-electron chi connectivity index (χ3n) is 11.7. The smallest absolute Gasteiger partial charge is 0.317 e. The van der Waals surface area contributed by atoms with Crippen molar-refractivity contribution in [1.82, 2.24) is 40.4 Å². The summed E-state index contributed by atoms with van der Waals surface area (Å²) in [5, 5.41) is 31.2. The number of fused-ring (bicyclic) bond motifs is 1. The topological polar surface area (TPSA) is 251 Å². The van der Waals surface area contributed by atoms with Crippen molar-refractivity contribution in [2.24, 2.45) is 17.8 Å². The fourth-order valence-electron chi connectivity index (χ4n) is 7.71. The number of carboxylic acid groups (broad SMARTS) is 2. The van der Waals surface area contributed by atoms with E-state index in [1.165, 1.54) is 4.90 Å². The van der Waals surface area contributed by atoms with Crippen LogP contribution >= 0.6 is 24.0 Å². The number of esters is 1. The second-order valence-electron chi connectivity index (χ2n) is 16.7. The molecule has 0 saturated carbocycles. The first-order valence-electron chi connectivity index (χ1n) is 21.9. The van der Waals surface area contributed by atoms with Gasteiger partial charge in [0, 0.05) is 123 Å². The van der Waals surface area contributed by atoms with E-state index in [0.29, 0.717) is 56.7 Å². The normalized spacial score (nSPS) is 19.5. The molecule has 0 spiro atoms. The molecule has 0 aliphatic carbocycles. The van der Waals surface area contributed by atoms with Gasteiger partial charge in [-0.3, -0.25) is 53.1 Å². The molecular formula is C43H64GdN9O11S2-. The molecule has 4 rings (SSSR count). The summed E-state index contributed by atoms with van der Waals surface area (Å²) in [6.07, 6.45) is 3.56. The zero-order valence-electron chi connectivity index (χ0n) is 38.0. The number of imide groups is 1. The number of hydrogen-bond donors (Lipinski definition) is 6. The second-order valence-corrected chi connectivity index (χ2v) is 18.1. The molecule has 3 saturated heterocycles. The van der Waals surface area contributed by atoms with Crippen LogP contribution in [-0.2, 0) is 49.6 Å². The number of carboxylic acids is 2. The van der Waals surface area contributed by atoms with Crippen LogP contribution in [-0.4, -0.2) is 190 Å². The number of ether oxygens (including phenoxy) is 1. The molecule has 1 unspecified atom stereocenters. The Labute approximate surface area is 428 Å². The number of thiocarbonyl (C=S) groups is 1. The van der Waals surface area contributed by atoms with E-state index in [1.54, 1.807) is 50.4 Å². The number of carbonyl (C=O) groups is 8. The number of aliphatic carboxylic acids is 2. The summed E-state index contributed by atoms with van der Waals surface area (Å²) >= 11 is 7.20. The van der Waals surface area contributed by atoms with E-state index in [4.69, 9.17) is 17.0 Å². The number of amides is 4. The first-order valence-corrected chi connectivity index (χ1v) is 23.7. The van der Waals surface area contributed by atoms with E-state index < -0.39 is 29.9 Å². The van der Waals surface area contributed by atoms with E-state index in [-0.39, 0.29) is 165 Å². The number of likely N-dealkylation sites (tertiary alicyclic amines) is 1. The van der Waals surface area contributed by atoms with Crippen LogP contribution in [0, 0.1) is 63.9 Å². The van der Waals surface area contributed by atoms with Gasteiger partial charge in [0.15, 0.2) is 10.9 Å². The fraction of sp³-hybridized carbons (Fsp3) is 0.628. The molecule has 0 aromatic heterocycles. The van der Waals surface area contributed by atoms with Crippen LogP contribution < -0.4 is 21.3 Å². The van der Waals surface area contributed by atoms with Gasteiger partial charge in [0.2, 0.25) is 23.6 Å². The predicted molar refractivity (Wildman–Crippen MR) is 246 cm³/mol. The summed E-state index contributed by atoms with van der Waals surface area (Å²) in [5.41, 5.74) is 1.43. The van der Waals surface area contributed by atoms with Crippen molar-refractivity contribution in [2.45, 2.75) is 59.0 Å². The molecule has 66 heavy (non-hydrogen) atoms. The van der Waals surface area contributed by atoms with Crippen molar-refractivity contribution in [1.29, 1.82) is 0 Å². The molecule has 6 N–H and O–H groups in total. The fourth-order valence-corrected chi connectivity index (χ4v) is 8.44. The Balaban J connectivity index is 0.0000116. The van der Waals surface area contributed by atoms with Gasteiger partial charge in [0.25, 0.3) is 5.97 Å².